The van der Waals surface area contributed by atoms with Gasteiger partial charge in [0.05, 0.1) is 0 Å². The molecule has 18 nitrogen and oxygen atoms in total. The number of methoxy groups -OCH3 is 2. The van der Waals surface area contributed by atoms with Crippen molar-refractivity contribution in [3.05, 3.63) is 129 Å². The Hall–Kier alpha value is -6.92. The number of cyclic esters (lactones) is 6. The van der Waals surface area contributed by atoms with Gasteiger partial charge in [0, 0.05) is 38.7 Å². The lowest BCUT2D eigenvalue weighted by Gasteiger charge is -2.34. The van der Waals surface area contributed by atoms with Crippen molar-refractivity contribution in [2.45, 2.75) is 58.3 Å². The van der Waals surface area contributed by atoms with Gasteiger partial charge in [-0.05, 0) is 61.4 Å². The summed E-state index contributed by atoms with van der Waals surface area (Å²) in [7, 11) is 2.76. The molecule has 59 heavy (non-hydrogen) atoms. The van der Waals surface area contributed by atoms with Crippen LogP contribution in [0.2, 0.25) is 0 Å². The van der Waals surface area contributed by atoms with Crippen molar-refractivity contribution in [1.29, 1.82) is 0 Å². The predicted octanol–water partition coefficient (Wildman–Crippen LogP) is 4.38. The summed E-state index contributed by atoms with van der Waals surface area (Å²) < 4.78 is 52.6. The number of aliphatic hydroxyl groups excluding tert-OH is 2. The van der Waals surface area contributed by atoms with E-state index in [1.54, 1.807) is 20.8 Å². The third-order valence-corrected chi connectivity index (χ3v) is 8.79. The van der Waals surface area contributed by atoms with E-state index in [0.717, 1.165) is 12.2 Å². The van der Waals surface area contributed by atoms with Gasteiger partial charge in [-0.25, -0.2) is 28.8 Å². The van der Waals surface area contributed by atoms with E-state index in [-0.39, 0.29) is 30.8 Å². The average molecular weight is 821 g/mol. The van der Waals surface area contributed by atoms with Crippen LogP contribution >= 0.6 is 0 Å². The summed E-state index contributed by atoms with van der Waals surface area (Å²) in [5, 5.41) is 20.4. The number of benzene rings is 1. The highest BCUT2D eigenvalue weighted by molar-refractivity contribution is 6.16. The highest BCUT2D eigenvalue weighted by Crippen LogP contribution is 2.36. The zero-order valence-electron chi connectivity index (χ0n) is 32.6. The van der Waals surface area contributed by atoms with E-state index in [0.29, 0.717) is 22.3 Å². The third-order valence-electron chi connectivity index (χ3n) is 8.79. The number of aliphatic hydroxyl groups is 2. The van der Waals surface area contributed by atoms with Gasteiger partial charge in [-0.15, -0.1) is 0 Å². The molecule has 0 saturated carbocycles. The molecule has 4 heterocycles. The molecule has 18 heteroatoms. The van der Waals surface area contributed by atoms with Crippen LogP contribution in [0.1, 0.15) is 55.1 Å². The fourth-order valence-electron chi connectivity index (χ4n) is 5.79. The minimum Gasteiger partial charge on any atom is -0.480 e. The van der Waals surface area contributed by atoms with Gasteiger partial charge in [0.2, 0.25) is 0 Å². The van der Waals surface area contributed by atoms with Crippen LogP contribution in [0.25, 0.3) is 0 Å². The second kappa shape index (κ2) is 18.1. The summed E-state index contributed by atoms with van der Waals surface area (Å²) in [6.45, 7) is 6.12. The van der Waals surface area contributed by atoms with Crippen molar-refractivity contribution in [3.8, 4) is 0 Å². The van der Waals surface area contributed by atoms with Crippen molar-refractivity contribution < 1.29 is 86.3 Å². The molecule has 5 rings (SSSR count). The van der Waals surface area contributed by atoms with Gasteiger partial charge in [0.15, 0.2) is 0 Å². The van der Waals surface area contributed by atoms with E-state index in [1.165, 1.54) is 81.9 Å². The Labute approximate surface area is 336 Å². The molecule has 2 atom stereocenters. The minimum atomic E-state index is -1.50. The number of hydrogen-bond acceptors (Lipinski definition) is 18. The lowest BCUT2D eigenvalue weighted by atomic mass is 9.98. The smallest absolute Gasteiger partial charge is 0.348 e. The molecular weight excluding hydrogens is 780 g/mol. The Bertz CT molecular complexity index is 2140. The number of hydrogen-bond donors (Lipinski definition) is 2. The molecule has 0 bridgehead atoms. The van der Waals surface area contributed by atoms with E-state index >= 15 is 0 Å². The molecule has 312 valence electrons. The first-order valence-electron chi connectivity index (χ1n) is 17.8. The van der Waals surface area contributed by atoms with E-state index in [2.05, 4.69) is 0 Å². The predicted molar refractivity (Wildman–Crippen MR) is 197 cm³/mol. The lowest BCUT2D eigenvalue weighted by molar-refractivity contribution is -0.255. The van der Waals surface area contributed by atoms with Gasteiger partial charge in [0.25, 0.3) is 36.0 Å². The van der Waals surface area contributed by atoms with Gasteiger partial charge < -0.3 is 57.6 Å². The van der Waals surface area contributed by atoms with Crippen LogP contribution in [0.5, 0.6) is 0 Å². The van der Waals surface area contributed by atoms with Crippen LogP contribution in [0.3, 0.4) is 0 Å². The summed E-state index contributed by atoms with van der Waals surface area (Å²) in [5.74, 6) is -9.90. The lowest BCUT2D eigenvalue weighted by Crippen LogP contribution is -2.45. The first-order chi connectivity index (χ1) is 28.0. The Morgan fingerprint density at radius 2 is 1.02 bits per heavy atom. The maximum Gasteiger partial charge on any atom is 0.348 e. The van der Waals surface area contributed by atoms with Crippen LogP contribution in [-0.2, 0) is 76.1 Å². The molecule has 2 N–H and O–H groups in total. The zero-order valence-corrected chi connectivity index (χ0v) is 32.6. The van der Waals surface area contributed by atoms with Gasteiger partial charge in [0.1, 0.15) is 35.5 Å². The topological polar surface area (TPSA) is 235 Å². The molecule has 2 fully saturated rings. The normalized spacial score (nSPS) is 25.2. The monoisotopic (exact) mass is 820 g/mol. The summed E-state index contributed by atoms with van der Waals surface area (Å²) in [4.78, 5) is 76.1. The second-order valence-corrected chi connectivity index (χ2v) is 13.2. The van der Waals surface area contributed by atoms with Crippen molar-refractivity contribution in [1.82, 2.24) is 0 Å². The third kappa shape index (κ3) is 9.79. The van der Waals surface area contributed by atoms with Crippen molar-refractivity contribution in [2.75, 3.05) is 27.4 Å². The average Bonchev–Trinajstić information content (AvgIpc) is 3.15. The van der Waals surface area contributed by atoms with Crippen LogP contribution in [0, 0.1) is 13.8 Å². The Kier molecular flexibility index (Phi) is 13.3. The molecule has 1 aromatic rings. The Balaban J connectivity index is 1.19. The van der Waals surface area contributed by atoms with Crippen LogP contribution in [-0.4, -0.2) is 85.0 Å². The number of carbonyl (C=O) groups is 6. The SMILES string of the molecule is CCC1(COC)OC(=O)C(/C=C/C=C/C=C2C(=O)OC(c3cc(C)c(C4OC(=O)C(=C/C=C/C=C/C5=C(O)OC(C)(COC)OC5=O)C(=O)O4)cc3C)OC2=O)=C(O)O1. The molecule has 0 radical (unpaired) electrons. The fourth-order valence-corrected chi connectivity index (χ4v) is 5.79. The van der Waals surface area contributed by atoms with E-state index in [4.69, 9.17) is 47.4 Å². The molecule has 0 aliphatic carbocycles. The fraction of sp³-hybridized carbons (Fsp3) is 0.317. The standard InChI is InChI=1S/C41H40O18/c1-7-41(21-51-6)58-36(48)27(37(49)59-41)17-13-9-11-15-25-32(44)54-39(55-33(25)45)29-19-22(2)28(18-23(29)3)38-52-30(42)24(31(43)53-38)14-10-8-12-16-26-34(46)56-40(4,20-50-5)57-35(26)47/h8-19,38-39,46,48H,7,20-21H2,1-6H3/b10-8+,11-9+,16-12+,17-13+,24-14?,25-15?. The van der Waals surface area contributed by atoms with Gasteiger partial charge >= 0.3 is 35.8 Å². The maximum atomic E-state index is 12.9. The van der Waals surface area contributed by atoms with Crippen molar-refractivity contribution >= 4 is 35.8 Å². The molecular formula is C41H40O18. The van der Waals surface area contributed by atoms with E-state index in [9.17, 15) is 39.0 Å². The minimum absolute atomic E-state index is 0.0964. The first-order valence-corrected chi connectivity index (χ1v) is 17.8. The molecule has 0 aromatic heterocycles. The van der Waals surface area contributed by atoms with Crippen molar-refractivity contribution in [2.24, 2.45) is 0 Å². The molecule has 0 spiro atoms. The number of aryl methyl sites for hydroxylation is 2. The highest BCUT2D eigenvalue weighted by atomic mass is 16.8. The number of carbonyl (C=O) groups excluding carboxylic acids is 6. The number of allylic oxidation sites excluding steroid dienone is 8. The zero-order chi connectivity index (χ0) is 43.1. The van der Waals surface area contributed by atoms with Crippen LogP contribution in [0.4, 0.5) is 0 Å². The molecule has 4 aliphatic heterocycles. The molecule has 2 unspecified atom stereocenters. The number of rotatable bonds is 13. The molecule has 0 amide bonds. The van der Waals surface area contributed by atoms with Crippen molar-refractivity contribution in [3.63, 3.8) is 0 Å². The number of ether oxygens (including phenoxy) is 10. The second-order valence-electron chi connectivity index (χ2n) is 13.2. The Morgan fingerprint density at radius 3 is 1.41 bits per heavy atom. The maximum absolute atomic E-state index is 12.9. The largest absolute Gasteiger partial charge is 0.480 e. The van der Waals surface area contributed by atoms with Gasteiger partial charge in [-0.3, -0.25) is 0 Å². The van der Waals surface area contributed by atoms with Crippen LogP contribution in [0.15, 0.2) is 107 Å². The summed E-state index contributed by atoms with van der Waals surface area (Å²) in [6.07, 6.45) is 10.1. The molecule has 2 saturated heterocycles. The summed E-state index contributed by atoms with van der Waals surface area (Å²) in [6, 6.07) is 3.05. The first kappa shape index (κ1) is 43.2. The van der Waals surface area contributed by atoms with E-state index in [1.807, 2.05) is 0 Å². The summed E-state index contributed by atoms with van der Waals surface area (Å²) >= 11 is 0. The van der Waals surface area contributed by atoms with E-state index < -0.39 is 83.0 Å². The Morgan fingerprint density at radius 1 is 0.593 bits per heavy atom. The van der Waals surface area contributed by atoms with Gasteiger partial charge in [-0.1, -0.05) is 43.4 Å². The van der Waals surface area contributed by atoms with Crippen LogP contribution < -0.4 is 0 Å². The summed E-state index contributed by atoms with van der Waals surface area (Å²) in [5.41, 5.74) is 0.0974. The molecule has 1 aromatic carbocycles. The quantitative estimate of drug-likeness (QED) is 0.0923. The van der Waals surface area contributed by atoms with Gasteiger partial charge in [-0.2, -0.15) is 0 Å². The highest BCUT2D eigenvalue weighted by Gasteiger charge is 2.43. The molecule has 4 aliphatic rings. The number of esters is 6.